The summed E-state index contributed by atoms with van der Waals surface area (Å²) in [7, 11) is 0. The number of benzene rings is 2. The van der Waals surface area contributed by atoms with Crippen LogP contribution < -0.4 is 19.5 Å². The molecule has 2 aromatic rings. The lowest BCUT2D eigenvalue weighted by molar-refractivity contribution is -0.131. The highest BCUT2D eigenvalue weighted by Crippen LogP contribution is 2.34. The fourth-order valence-corrected chi connectivity index (χ4v) is 3.72. The van der Waals surface area contributed by atoms with Crippen LogP contribution in [0.2, 0.25) is 0 Å². The third kappa shape index (κ3) is 3.64. The van der Waals surface area contributed by atoms with Gasteiger partial charge < -0.3 is 19.5 Å². The number of fused-ring (bicyclic) bond motifs is 1. The first kappa shape index (κ1) is 18.6. The number of carbonyl (C=O) groups is 2. The summed E-state index contributed by atoms with van der Waals surface area (Å²) >= 11 is 3.38. The Bertz CT molecular complexity index is 935. The lowest BCUT2D eigenvalue weighted by Crippen LogP contribution is -2.46. The summed E-state index contributed by atoms with van der Waals surface area (Å²) in [6.45, 7) is 2.31. The van der Waals surface area contributed by atoms with E-state index in [4.69, 9.17) is 14.2 Å². The van der Waals surface area contributed by atoms with Crippen molar-refractivity contribution < 1.29 is 23.8 Å². The Hall–Kier alpha value is -2.74. The monoisotopic (exact) mass is 446 g/mol. The average Bonchev–Trinajstić information content (AvgIpc) is 3.19. The van der Waals surface area contributed by atoms with Crippen molar-refractivity contribution in [2.45, 2.75) is 18.9 Å². The molecule has 3 amide bonds. The largest absolute Gasteiger partial charge is 0.492 e. The van der Waals surface area contributed by atoms with Crippen LogP contribution in [0.4, 0.5) is 4.79 Å². The van der Waals surface area contributed by atoms with Crippen molar-refractivity contribution in [3.63, 3.8) is 0 Å². The minimum absolute atomic E-state index is 0.175. The lowest BCUT2D eigenvalue weighted by atomic mass is 9.92. The Labute approximate surface area is 170 Å². The van der Waals surface area contributed by atoms with Crippen molar-refractivity contribution in [2.24, 2.45) is 0 Å². The van der Waals surface area contributed by atoms with Gasteiger partial charge in [-0.2, -0.15) is 0 Å². The zero-order valence-corrected chi connectivity index (χ0v) is 16.8. The number of halogens is 1. The molecule has 0 radical (unpaired) electrons. The van der Waals surface area contributed by atoms with Gasteiger partial charge in [-0.25, -0.2) is 4.79 Å². The first-order chi connectivity index (χ1) is 13.4. The normalized spacial score (nSPS) is 20.4. The highest BCUT2D eigenvalue weighted by Gasteiger charge is 2.47. The third-order valence-electron chi connectivity index (χ3n) is 4.72. The second-order valence-electron chi connectivity index (χ2n) is 6.89. The van der Waals surface area contributed by atoms with E-state index in [0.717, 1.165) is 10.0 Å². The molecule has 7 nitrogen and oxygen atoms in total. The number of amides is 3. The van der Waals surface area contributed by atoms with Crippen LogP contribution in [0.1, 0.15) is 12.5 Å². The molecule has 1 unspecified atom stereocenters. The second-order valence-corrected chi connectivity index (χ2v) is 7.80. The number of imide groups is 1. The maximum Gasteiger partial charge on any atom is 0.325 e. The summed E-state index contributed by atoms with van der Waals surface area (Å²) in [6, 6.07) is 12.5. The highest BCUT2D eigenvalue weighted by molar-refractivity contribution is 9.10. The summed E-state index contributed by atoms with van der Waals surface area (Å²) in [5.41, 5.74) is -0.131. The predicted molar refractivity (Wildman–Crippen MR) is 105 cm³/mol. The molecule has 146 valence electrons. The molecule has 0 spiro atoms. The Morgan fingerprint density at radius 1 is 1.18 bits per heavy atom. The Morgan fingerprint density at radius 2 is 2.00 bits per heavy atom. The first-order valence-electron chi connectivity index (χ1n) is 8.86. The maximum atomic E-state index is 12.9. The Kier molecular flexibility index (Phi) is 4.89. The van der Waals surface area contributed by atoms with Gasteiger partial charge >= 0.3 is 6.03 Å². The highest BCUT2D eigenvalue weighted by atomic mass is 79.9. The minimum Gasteiger partial charge on any atom is -0.492 e. The fourth-order valence-electron chi connectivity index (χ4n) is 3.34. The van der Waals surface area contributed by atoms with E-state index in [1.807, 2.05) is 42.5 Å². The van der Waals surface area contributed by atoms with Crippen LogP contribution in [-0.4, -0.2) is 42.3 Å². The van der Waals surface area contributed by atoms with Gasteiger partial charge in [0.05, 0.1) is 6.54 Å². The van der Waals surface area contributed by atoms with Crippen LogP contribution in [0.25, 0.3) is 0 Å². The number of urea groups is 1. The number of ether oxygens (including phenoxy) is 3. The van der Waals surface area contributed by atoms with Gasteiger partial charge in [-0.1, -0.05) is 28.1 Å². The molecule has 1 N–H and O–H groups in total. The van der Waals surface area contributed by atoms with Crippen LogP contribution in [-0.2, 0) is 11.2 Å². The molecule has 1 fully saturated rings. The Balaban J connectivity index is 1.39. The maximum absolute atomic E-state index is 12.9. The number of nitrogens with zero attached hydrogens (tertiary/aromatic N) is 1. The SMILES string of the molecule is CC1(Cc2ccc3c(c2)OCO3)NC(=O)N(CCOc2cccc(Br)c2)C1=O. The summed E-state index contributed by atoms with van der Waals surface area (Å²) in [5, 5.41) is 2.81. The molecule has 0 aromatic heterocycles. The Morgan fingerprint density at radius 3 is 2.82 bits per heavy atom. The summed E-state index contributed by atoms with van der Waals surface area (Å²) in [4.78, 5) is 26.5. The molecule has 28 heavy (non-hydrogen) atoms. The van der Waals surface area contributed by atoms with E-state index in [2.05, 4.69) is 21.2 Å². The van der Waals surface area contributed by atoms with Crippen molar-refractivity contribution in [3.8, 4) is 17.2 Å². The molecule has 2 aliphatic rings. The van der Waals surface area contributed by atoms with Gasteiger partial charge in [0.15, 0.2) is 11.5 Å². The first-order valence-corrected chi connectivity index (χ1v) is 9.65. The predicted octanol–water partition coefficient (Wildman–Crippen LogP) is 3.11. The van der Waals surface area contributed by atoms with Crippen molar-refractivity contribution in [3.05, 3.63) is 52.5 Å². The molecule has 1 atom stereocenters. The molecule has 2 heterocycles. The van der Waals surface area contributed by atoms with E-state index in [9.17, 15) is 9.59 Å². The summed E-state index contributed by atoms with van der Waals surface area (Å²) < 4.78 is 17.2. The van der Waals surface area contributed by atoms with E-state index < -0.39 is 11.6 Å². The van der Waals surface area contributed by atoms with Crippen molar-refractivity contribution in [1.29, 1.82) is 0 Å². The van der Waals surface area contributed by atoms with Gasteiger partial charge in [0.1, 0.15) is 17.9 Å². The number of carbonyl (C=O) groups excluding carboxylic acids is 2. The molecular formula is C20H19BrN2O5. The van der Waals surface area contributed by atoms with Gasteiger partial charge in [0, 0.05) is 10.9 Å². The molecule has 4 rings (SSSR count). The fraction of sp³-hybridized carbons (Fsp3) is 0.300. The zero-order valence-electron chi connectivity index (χ0n) is 15.2. The van der Waals surface area contributed by atoms with Gasteiger partial charge in [-0.3, -0.25) is 9.69 Å². The van der Waals surface area contributed by atoms with E-state index >= 15 is 0 Å². The number of nitrogens with one attached hydrogen (secondary N) is 1. The van der Waals surface area contributed by atoms with E-state index in [-0.39, 0.29) is 25.9 Å². The molecule has 2 aliphatic heterocycles. The van der Waals surface area contributed by atoms with Gasteiger partial charge in [0.25, 0.3) is 5.91 Å². The van der Waals surface area contributed by atoms with Crippen molar-refractivity contribution >= 4 is 27.9 Å². The van der Waals surface area contributed by atoms with Crippen LogP contribution >= 0.6 is 15.9 Å². The second kappa shape index (κ2) is 7.35. The van der Waals surface area contributed by atoms with Crippen molar-refractivity contribution in [2.75, 3.05) is 19.9 Å². The number of rotatable bonds is 6. The number of hydrogen-bond donors (Lipinski definition) is 1. The molecule has 0 bridgehead atoms. The number of hydrogen-bond acceptors (Lipinski definition) is 5. The lowest BCUT2D eigenvalue weighted by Gasteiger charge is -2.22. The van der Waals surface area contributed by atoms with E-state index in [1.54, 1.807) is 6.92 Å². The van der Waals surface area contributed by atoms with Crippen LogP contribution in [0.5, 0.6) is 17.2 Å². The molecule has 8 heteroatoms. The van der Waals surface area contributed by atoms with Crippen LogP contribution in [0, 0.1) is 0 Å². The van der Waals surface area contributed by atoms with Gasteiger partial charge in [0.2, 0.25) is 6.79 Å². The molecular weight excluding hydrogens is 428 g/mol. The smallest absolute Gasteiger partial charge is 0.325 e. The van der Waals surface area contributed by atoms with E-state index in [1.165, 1.54) is 4.90 Å². The molecule has 0 saturated carbocycles. The minimum atomic E-state index is -1.01. The van der Waals surface area contributed by atoms with Gasteiger partial charge in [-0.05, 0) is 42.8 Å². The molecule has 2 aromatic carbocycles. The topological polar surface area (TPSA) is 77.1 Å². The zero-order chi connectivity index (χ0) is 19.7. The quantitative estimate of drug-likeness (QED) is 0.689. The summed E-state index contributed by atoms with van der Waals surface area (Å²) in [5.74, 6) is 1.73. The summed E-state index contributed by atoms with van der Waals surface area (Å²) in [6.07, 6.45) is 0.358. The van der Waals surface area contributed by atoms with E-state index in [0.29, 0.717) is 23.7 Å². The average molecular weight is 447 g/mol. The van der Waals surface area contributed by atoms with Gasteiger partial charge in [-0.15, -0.1) is 0 Å². The molecule has 1 saturated heterocycles. The molecule has 0 aliphatic carbocycles. The third-order valence-corrected chi connectivity index (χ3v) is 5.21. The van der Waals surface area contributed by atoms with Crippen molar-refractivity contribution in [1.82, 2.24) is 10.2 Å². The van der Waals surface area contributed by atoms with Crippen LogP contribution in [0.3, 0.4) is 0 Å². The standard InChI is InChI=1S/C20H19BrN2O5/c1-20(11-13-5-6-16-17(9-13)28-12-27-16)18(24)23(19(25)22-20)7-8-26-15-4-2-3-14(21)10-15/h2-6,9-10H,7-8,11-12H2,1H3,(H,22,25). The van der Waals surface area contributed by atoms with Crippen LogP contribution in [0.15, 0.2) is 46.9 Å².